The quantitative estimate of drug-likeness (QED) is 0.916. The summed E-state index contributed by atoms with van der Waals surface area (Å²) < 4.78 is 25.4. The third kappa shape index (κ3) is 3.39. The first-order chi connectivity index (χ1) is 11.7. The van der Waals surface area contributed by atoms with Gasteiger partial charge in [-0.15, -0.1) is 0 Å². The van der Waals surface area contributed by atoms with Crippen molar-refractivity contribution in [3.05, 3.63) is 58.7 Å². The van der Waals surface area contributed by atoms with Gasteiger partial charge in [-0.1, -0.05) is 12.1 Å². The number of hydrogen-bond donors (Lipinski definition) is 1. The number of benzene rings is 2. The van der Waals surface area contributed by atoms with Gasteiger partial charge in [-0.2, -0.15) is 0 Å². The summed E-state index contributed by atoms with van der Waals surface area (Å²) in [5, 5.41) is 2.94. The SMILES string of the molecule is Cc1ccc(C)c(NC(=O)c2ccc3c(c2)C[C@@H](C)N3S(C)(=O)=O)c1. The van der Waals surface area contributed by atoms with Gasteiger partial charge in [-0.3, -0.25) is 9.10 Å². The molecule has 25 heavy (non-hydrogen) atoms. The zero-order chi connectivity index (χ0) is 18.4. The number of aryl methyl sites for hydroxylation is 2. The molecule has 0 aliphatic carbocycles. The first-order valence-electron chi connectivity index (χ1n) is 8.18. The van der Waals surface area contributed by atoms with E-state index in [2.05, 4.69) is 5.32 Å². The van der Waals surface area contributed by atoms with Gasteiger partial charge in [0, 0.05) is 17.3 Å². The Balaban J connectivity index is 1.89. The van der Waals surface area contributed by atoms with E-state index < -0.39 is 10.0 Å². The lowest BCUT2D eigenvalue weighted by atomic mass is 10.1. The molecule has 5 nitrogen and oxygen atoms in total. The van der Waals surface area contributed by atoms with Gasteiger partial charge in [0.15, 0.2) is 0 Å². The minimum Gasteiger partial charge on any atom is -0.322 e. The van der Waals surface area contributed by atoms with E-state index in [0.29, 0.717) is 17.7 Å². The zero-order valence-corrected chi connectivity index (χ0v) is 15.6. The van der Waals surface area contributed by atoms with E-state index in [9.17, 15) is 13.2 Å². The first-order valence-corrected chi connectivity index (χ1v) is 10.0. The molecule has 1 atom stereocenters. The van der Waals surface area contributed by atoms with E-state index in [1.807, 2.05) is 39.0 Å². The number of fused-ring (bicyclic) bond motifs is 1. The number of anilines is 2. The second-order valence-corrected chi connectivity index (χ2v) is 8.59. The topological polar surface area (TPSA) is 66.5 Å². The molecule has 1 aliphatic rings. The van der Waals surface area contributed by atoms with Gasteiger partial charge >= 0.3 is 0 Å². The van der Waals surface area contributed by atoms with Crippen LogP contribution < -0.4 is 9.62 Å². The van der Waals surface area contributed by atoms with Crippen molar-refractivity contribution in [1.29, 1.82) is 0 Å². The normalized spacial score (nSPS) is 16.6. The summed E-state index contributed by atoms with van der Waals surface area (Å²) in [5.74, 6) is -0.193. The summed E-state index contributed by atoms with van der Waals surface area (Å²) in [6.45, 7) is 5.80. The van der Waals surface area contributed by atoms with Crippen molar-refractivity contribution in [3.8, 4) is 0 Å². The summed E-state index contributed by atoms with van der Waals surface area (Å²) in [7, 11) is -3.32. The Hall–Kier alpha value is -2.34. The molecule has 1 amide bonds. The predicted octanol–water partition coefficient (Wildman–Crippen LogP) is 3.27. The number of carbonyl (C=O) groups is 1. The van der Waals surface area contributed by atoms with Crippen LogP contribution in [0.2, 0.25) is 0 Å². The molecule has 1 aliphatic heterocycles. The second kappa shape index (κ2) is 6.19. The number of rotatable bonds is 3. The van der Waals surface area contributed by atoms with Crippen molar-refractivity contribution in [3.63, 3.8) is 0 Å². The molecule has 0 saturated heterocycles. The number of sulfonamides is 1. The molecule has 0 saturated carbocycles. The van der Waals surface area contributed by atoms with Crippen LogP contribution in [0.3, 0.4) is 0 Å². The molecular formula is C19H22N2O3S. The van der Waals surface area contributed by atoms with E-state index in [0.717, 1.165) is 22.4 Å². The number of carbonyl (C=O) groups excluding carboxylic acids is 1. The molecule has 2 aromatic rings. The van der Waals surface area contributed by atoms with Gasteiger partial charge in [0.2, 0.25) is 10.0 Å². The van der Waals surface area contributed by atoms with Gasteiger partial charge in [-0.05, 0) is 68.1 Å². The Kier molecular flexibility index (Phi) is 4.33. The maximum absolute atomic E-state index is 12.6. The van der Waals surface area contributed by atoms with Crippen LogP contribution in [-0.2, 0) is 16.4 Å². The van der Waals surface area contributed by atoms with Crippen molar-refractivity contribution in [2.45, 2.75) is 33.2 Å². The van der Waals surface area contributed by atoms with Gasteiger partial charge < -0.3 is 5.32 Å². The zero-order valence-electron chi connectivity index (χ0n) is 14.8. The Labute approximate surface area is 148 Å². The molecule has 0 unspecified atom stereocenters. The molecule has 0 fully saturated rings. The van der Waals surface area contributed by atoms with Crippen LogP contribution in [0.5, 0.6) is 0 Å². The van der Waals surface area contributed by atoms with Crippen LogP contribution in [0.4, 0.5) is 11.4 Å². The standard InChI is InChI=1S/C19H22N2O3S/c1-12-5-6-13(2)17(9-12)20-19(22)15-7-8-18-16(11-15)10-14(3)21(18)25(4,23)24/h5-9,11,14H,10H2,1-4H3,(H,20,22)/t14-/m1/s1. The third-order valence-electron chi connectivity index (χ3n) is 4.49. The largest absolute Gasteiger partial charge is 0.322 e. The lowest BCUT2D eigenvalue weighted by Crippen LogP contribution is -2.34. The minimum absolute atomic E-state index is 0.137. The molecule has 6 heteroatoms. The third-order valence-corrected chi connectivity index (χ3v) is 5.76. The summed E-state index contributed by atoms with van der Waals surface area (Å²) in [4.78, 5) is 12.6. The van der Waals surface area contributed by atoms with E-state index in [-0.39, 0.29) is 11.9 Å². The van der Waals surface area contributed by atoms with Crippen molar-refractivity contribution in [2.75, 3.05) is 15.9 Å². The average Bonchev–Trinajstić information content (AvgIpc) is 2.85. The number of nitrogens with one attached hydrogen (secondary N) is 1. The van der Waals surface area contributed by atoms with Crippen LogP contribution in [0.1, 0.15) is 34.0 Å². The van der Waals surface area contributed by atoms with Crippen molar-refractivity contribution in [1.82, 2.24) is 0 Å². The van der Waals surface area contributed by atoms with Gasteiger partial charge in [0.1, 0.15) is 0 Å². The molecule has 0 radical (unpaired) electrons. The molecular weight excluding hydrogens is 336 g/mol. The molecule has 0 spiro atoms. The maximum Gasteiger partial charge on any atom is 0.255 e. The number of amides is 1. The van der Waals surface area contributed by atoms with E-state index in [1.165, 1.54) is 10.6 Å². The highest BCUT2D eigenvalue weighted by Crippen LogP contribution is 2.34. The fraction of sp³-hybridized carbons (Fsp3) is 0.316. The maximum atomic E-state index is 12.6. The summed E-state index contributed by atoms with van der Waals surface area (Å²) in [6, 6.07) is 11.0. The average molecular weight is 358 g/mol. The van der Waals surface area contributed by atoms with Crippen LogP contribution in [0.15, 0.2) is 36.4 Å². The van der Waals surface area contributed by atoms with E-state index >= 15 is 0 Å². The minimum atomic E-state index is -3.32. The Morgan fingerprint density at radius 2 is 1.88 bits per heavy atom. The monoisotopic (exact) mass is 358 g/mol. The highest BCUT2D eigenvalue weighted by atomic mass is 32.2. The van der Waals surface area contributed by atoms with Crippen LogP contribution >= 0.6 is 0 Å². The summed E-state index contributed by atoms with van der Waals surface area (Å²) >= 11 is 0. The van der Waals surface area contributed by atoms with Crippen molar-refractivity contribution in [2.24, 2.45) is 0 Å². The predicted molar refractivity (Wildman–Crippen MR) is 101 cm³/mol. The summed E-state index contributed by atoms with van der Waals surface area (Å²) in [6.07, 6.45) is 1.81. The molecule has 1 heterocycles. The van der Waals surface area contributed by atoms with Crippen molar-refractivity contribution >= 4 is 27.3 Å². The van der Waals surface area contributed by atoms with Gasteiger partial charge in [0.25, 0.3) is 5.91 Å². The van der Waals surface area contributed by atoms with E-state index in [4.69, 9.17) is 0 Å². The molecule has 132 valence electrons. The Morgan fingerprint density at radius 3 is 2.56 bits per heavy atom. The molecule has 2 aromatic carbocycles. The summed E-state index contributed by atoms with van der Waals surface area (Å²) in [5.41, 5.74) is 4.94. The van der Waals surface area contributed by atoms with Crippen LogP contribution in [0, 0.1) is 13.8 Å². The van der Waals surface area contributed by atoms with Crippen molar-refractivity contribution < 1.29 is 13.2 Å². The van der Waals surface area contributed by atoms with Crippen LogP contribution in [0.25, 0.3) is 0 Å². The fourth-order valence-electron chi connectivity index (χ4n) is 3.31. The Morgan fingerprint density at radius 1 is 1.16 bits per heavy atom. The Bertz CT molecular complexity index is 951. The molecule has 0 aromatic heterocycles. The number of hydrogen-bond acceptors (Lipinski definition) is 3. The second-order valence-electron chi connectivity index (χ2n) is 6.73. The van der Waals surface area contributed by atoms with Gasteiger partial charge in [0.05, 0.1) is 11.9 Å². The molecule has 0 bridgehead atoms. The first kappa shape index (κ1) is 17.5. The lowest BCUT2D eigenvalue weighted by molar-refractivity contribution is 0.102. The highest BCUT2D eigenvalue weighted by Gasteiger charge is 2.32. The lowest BCUT2D eigenvalue weighted by Gasteiger charge is -2.21. The fourth-order valence-corrected chi connectivity index (χ4v) is 4.58. The highest BCUT2D eigenvalue weighted by molar-refractivity contribution is 7.92. The smallest absolute Gasteiger partial charge is 0.255 e. The molecule has 1 N–H and O–H groups in total. The molecule has 3 rings (SSSR count). The van der Waals surface area contributed by atoms with Crippen LogP contribution in [-0.4, -0.2) is 26.6 Å². The number of nitrogens with zero attached hydrogens (tertiary/aromatic N) is 1. The van der Waals surface area contributed by atoms with Gasteiger partial charge in [-0.25, -0.2) is 8.42 Å². The van der Waals surface area contributed by atoms with E-state index in [1.54, 1.807) is 18.2 Å².